The van der Waals surface area contributed by atoms with Crippen LogP contribution in [0.3, 0.4) is 0 Å². The summed E-state index contributed by atoms with van der Waals surface area (Å²) in [6.45, 7) is -1.44. The molecule has 0 aromatic rings. The molecule has 2 rings (SSSR count). The molecule has 1 saturated heterocycles. The van der Waals surface area contributed by atoms with Crippen LogP contribution in [0.1, 0.15) is 32.1 Å². The summed E-state index contributed by atoms with van der Waals surface area (Å²) in [4.78, 5) is 24.5. The molecule has 1 heterocycles. The number of hydrogen-bond acceptors (Lipinski definition) is 2. The maximum Gasteiger partial charge on any atom is 0.406 e. The summed E-state index contributed by atoms with van der Waals surface area (Å²) in [5.41, 5.74) is -1.08. The minimum Gasteiger partial charge on any atom is -0.342 e. The number of hydrogen-bond donors (Lipinski definition) is 1. The molecular weight excluding hydrogens is 249 g/mol. The first-order chi connectivity index (χ1) is 8.32. The molecule has 18 heavy (non-hydrogen) atoms. The lowest BCUT2D eigenvalue weighted by molar-refractivity contribution is -0.164. The highest BCUT2D eigenvalue weighted by atomic mass is 19.4. The summed E-state index contributed by atoms with van der Waals surface area (Å²) in [7, 11) is 0. The van der Waals surface area contributed by atoms with E-state index >= 15 is 0 Å². The zero-order chi connectivity index (χ0) is 13.4. The Kier molecular flexibility index (Phi) is 3.25. The van der Waals surface area contributed by atoms with Crippen molar-refractivity contribution in [3.63, 3.8) is 0 Å². The average molecular weight is 264 g/mol. The summed E-state index contributed by atoms with van der Waals surface area (Å²) in [5, 5.41) is 2.62. The Bertz CT molecular complexity index is 362. The molecule has 7 heteroatoms. The molecular formula is C11H15F3N2O2. The van der Waals surface area contributed by atoms with Gasteiger partial charge in [-0.3, -0.25) is 9.59 Å². The monoisotopic (exact) mass is 264 g/mol. The molecule has 0 atom stereocenters. The Morgan fingerprint density at radius 2 is 1.83 bits per heavy atom. The molecule has 0 aromatic carbocycles. The first kappa shape index (κ1) is 13.2. The van der Waals surface area contributed by atoms with Crippen LogP contribution in [0.15, 0.2) is 0 Å². The second-order valence-corrected chi connectivity index (χ2v) is 4.93. The van der Waals surface area contributed by atoms with E-state index in [4.69, 9.17) is 0 Å². The molecule has 4 nitrogen and oxygen atoms in total. The van der Waals surface area contributed by atoms with Gasteiger partial charge in [0, 0.05) is 13.0 Å². The number of carbonyl (C=O) groups excluding carboxylic acids is 2. The standard InChI is InChI=1S/C11H15F3N2O2/c12-11(13,14)7-16-6-3-8(17)15-10(9(16)18)4-1-2-5-10/h1-7H2,(H,15,17). The lowest BCUT2D eigenvalue weighted by Crippen LogP contribution is -2.56. The minimum atomic E-state index is -4.43. The van der Waals surface area contributed by atoms with Gasteiger partial charge in [0.2, 0.25) is 11.8 Å². The smallest absolute Gasteiger partial charge is 0.342 e. The first-order valence-electron chi connectivity index (χ1n) is 6.00. The zero-order valence-electron chi connectivity index (χ0n) is 9.85. The fourth-order valence-electron chi connectivity index (χ4n) is 2.71. The summed E-state index contributed by atoms with van der Waals surface area (Å²) in [6, 6.07) is 0. The van der Waals surface area contributed by atoms with E-state index < -0.39 is 24.2 Å². The van der Waals surface area contributed by atoms with Gasteiger partial charge < -0.3 is 10.2 Å². The lowest BCUT2D eigenvalue weighted by atomic mass is 9.96. The van der Waals surface area contributed by atoms with Crippen molar-refractivity contribution >= 4 is 11.8 Å². The average Bonchev–Trinajstić information content (AvgIpc) is 2.67. The normalized spacial score (nSPS) is 24.3. The highest BCUT2D eigenvalue weighted by Crippen LogP contribution is 2.33. The largest absolute Gasteiger partial charge is 0.406 e. The Morgan fingerprint density at radius 1 is 1.22 bits per heavy atom. The summed E-state index contributed by atoms with van der Waals surface area (Å²) < 4.78 is 37.3. The Labute approximate surface area is 103 Å². The molecule has 0 aromatic heterocycles. The number of amides is 2. The molecule has 1 aliphatic carbocycles. The molecule has 1 aliphatic heterocycles. The molecule has 1 saturated carbocycles. The van der Waals surface area contributed by atoms with Crippen LogP contribution in [-0.2, 0) is 9.59 Å². The summed E-state index contributed by atoms with van der Waals surface area (Å²) in [5.74, 6) is -0.918. The van der Waals surface area contributed by atoms with Crippen molar-refractivity contribution in [1.82, 2.24) is 10.2 Å². The number of halogens is 3. The van der Waals surface area contributed by atoms with Gasteiger partial charge in [0.25, 0.3) is 0 Å². The fourth-order valence-corrected chi connectivity index (χ4v) is 2.71. The molecule has 2 aliphatic rings. The minimum absolute atomic E-state index is 0.0659. The van der Waals surface area contributed by atoms with Gasteiger partial charge in [-0.2, -0.15) is 13.2 Å². The van der Waals surface area contributed by atoms with Crippen LogP contribution >= 0.6 is 0 Å². The van der Waals surface area contributed by atoms with Crippen molar-refractivity contribution in [3.05, 3.63) is 0 Å². The van der Waals surface area contributed by atoms with Crippen molar-refractivity contribution in [1.29, 1.82) is 0 Å². The van der Waals surface area contributed by atoms with Crippen molar-refractivity contribution in [3.8, 4) is 0 Å². The van der Waals surface area contributed by atoms with Crippen LogP contribution in [0.25, 0.3) is 0 Å². The van der Waals surface area contributed by atoms with Gasteiger partial charge in [-0.25, -0.2) is 0 Å². The molecule has 2 fully saturated rings. The van der Waals surface area contributed by atoms with Gasteiger partial charge in [0.1, 0.15) is 12.1 Å². The number of nitrogens with zero attached hydrogens (tertiary/aromatic N) is 1. The SMILES string of the molecule is O=C1CCN(CC(F)(F)F)C(=O)C2(CCCC2)N1. The lowest BCUT2D eigenvalue weighted by Gasteiger charge is -2.32. The number of nitrogens with one attached hydrogen (secondary N) is 1. The van der Waals surface area contributed by atoms with Crippen molar-refractivity contribution < 1.29 is 22.8 Å². The molecule has 0 radical (unpaired) electrons. The topological polar surface area (TPSA) is 49.4 Å². The third-order valence-electron chi connectivity index (χ3n) is 3.51. The quantitative estimate of drug-likeness (QED) is 0.774. The Morgan fingerprint density at radius 3 is 2.39 bits per heavy atom. The van der Waals surface area contributed by atoms with E-state index in [2.05, 4.69) is 5.32 Å². The third-order valence-corrected chi connectivity index (χ3v) is 3.51. The van der Waals surface area contributed by atoms with E-state index in [0.717, 1.165) is 17.7 Å². The summed E-state index contributed by atoms with van der Waals surface area (Å²) in [6.07, 6.45) is -2.11. The van der Waals surface area contributed by atoms with Gasteiger partial charge >= 0.3 is 6.18 Å². The van der Waals surface area contributed by atoms with Gasteiger partial charge in [0.05, 0.1) is 0 Å². The molecule has 1 spiro atoms. The number of rotatable bonds is 1. The van der Waals surface area contributed by atoms with Crippen molar-refractivity contribution in [2.75, 3.05) is 13.1 Å². The maximum atomic E-state index is 12.4. The van der Waals surface area contributed by atoms with Gasteiger partial charge in [0.15, 0.2) is 0 Å². The molecule has 2 amide bonds. The first-order valence-corrected chi connectivity index (χ1v) is 6.00. The van der Waals surface area contributed by atoms with E-state index in [-0.39, 0.29) is 18.9 Å². The van der Waals surface area contributed by atoms with Gasteiger partial charge in [-0.05, 0) is 12.8 Å². The summed E-state index contributed by atoms with van der Waals surface area (Å²) >= 11 is 0. The van der Waals surface area contributed by atoms with Crippen LogP contribution in [-0.4, -0.2) is 41.5 Å². The molecule has 1 N–H and O–H groups in total. The van der Waals surface area contributed by atoms with Crippen LogP contribution in [0.2, 0.25) is 0 Å². The van der Waals surface area contributed by atoms with Gasteiger partial charge in [-0.15, -0.1) is 0 Å². The molecule has 102 valence electrons. The maximum absolute atomic E-state index is 12.4. The zero-order valence-corrected chi connectivity index (χ0v) is 9.85. The molecule has 0 unspecified atom stereocenters. The van der Waals surface area contributed by atoms with Crippen LogP contribution < -0.4 is 5.32 Å². The highest BCUT2D eigenvalue weighted by Gasteiger charge is 2.48. The second kappa shape index (κ2) is 4.44. The van der Waals surface area contributed by atoms with E-state index in [1.807, 2.05) is 0 Å². The fraction of sp³-hybridized carbons (Fsp3) is 0.818. The van der Waals surface area contributed by atoms with E-state index in [0.29, 0.717) is 12.8 Å². The van der Waals surface area contributed by atoms with E-state index in [9.17, 15) is 22.8 Å². The van der Waals surface area contributed by atoms with E-state index in [1.54, 1.807) is 0 Å². The van der Waals surface area contributed by atoms with Crippen LogP contribution in [0.4, 0.5) is 13.2 Å². The van der Waals surface area contributed by atoms with Crippen LogP contribution in [0, 0.1) is 0 Å². The van der Waals surface area contributed by atoms with Crippen molar-refractivity contribution in [2.45, 2.75) is 43.8 Å². The number of alkyl halides is 3. The van der Waals surface area contributed by atoms with E-state index in [1.165, 1.54) is 0 Å². The predicted molar refractivity (Wildman–Crippen MR) is 56.6 cm³/mol. The van der Waals surface area contributed by atoms with Crippen molar-refractivity contribution in [2.24, 2.45) is 0 Å². The third kappa shape index (κ3) is 2.59. The number of carbonyl (C=O) groups is 2. The predicted octanol–water partition coefficient (Wildman–Crippen LogP) is 1.21. The Hall–Kier alpha value is -1.27. The molecule has 0 bridgehead atoms. The second-order valence-electron chi connectivity index (χ2n) is 4.93. The van der Waals surface area contributed by atoms with Gasteiger partial charge in [-0.1, -0.05) is 12.8 Å². The van der Waals surface area contributed by atoms with Crippen LogP contribution in [0.5, 0.6) is 0 Å². The highest BCUT2D eigenvalue weighted by molar-refractivity contribution is 5.93. The Balaban J connectivity index is 2.21.